The molecular weight excluding hydrogens is 304 g/mol. The summed E-state index contributed by atoms with van der Waals surface area (Å²) in [6.07, 6.45) is -0.332. The number of benzene rings is 2. The van der Waals surface area contributed by atoms with Crippen LogP contribution in [0.3, 0.4) is 0 Å². The Hall–Kier alpha value is -1.61. The number of carbonyl (C=O) groups is 1. The normalized spacial score (nSPS) is 13.6. The van der Waals surface area contributed by atoms with Gasteiger partial charge in [-0.2, -0.15) is 0 Å². The fraction of sp³-hybridized carbons (Fsp3) is 0.188. The summed E-state index contributed by atoms with van der Waals surface area (Å²) in [5.41, 5.74) is 2.06. The van der Waals surface area contributed by atoms with Crippen molar-refractivity contribution in [3.63, 3.8) is 0 Å². The summed E-state index contributed by atoms with van der Waals surface area (Å²) < 4.78 is 5.47. The molecule has 2 aromatic carbocycles. The van der Waals surface area contributed by atoms with Crippen molar-refractivity contribution in [1.29, 1.82) is 0 Å². The highest BCUT2D eigenvalue weighted by Crippen LogP contribution is 2.38. The van der Waals surface area contributed by atoms with Crippen LogP contribution in [0.2, 0.25) is 0 Å². The third-order valence-corrected chi connectivity index (χ3v) is 3.81. The quantitative estimate of drug-likeness (QED) is 0.616. The molecule has 0 aliphatic rings. The Labute approximate surface area is 121 Å². The SMILES string of the molecule is CC(=O)O[C@H](c1ccccc1)[C@@H](Br)c1ccccc1. The van der Waals surface area contributed by atoms with Gasteiger partial charge in [0.1, 0.15) is 6.10 Å². The molecule has 0 saturated carbocycles. The first-order valence-corrected chi connectivity index (χ1v) is 7.01. The molecule has 2 atom stereocenters. The van der Waals surface area contributed by atoms with Crippen LogP contribution in [-0.2, 0) is 9.53 Å². The first kappa shape index (κ1) is 13.8. The lowest BCUT2D eigenvalue weighted by atomic mass is 10.0. The van der Waals surface area contributed by atoms with Gasteiger partial charge in [0.15, 0.2) is 0 Å². The predicted octanol–water partition coefficient (Wildman–Crippen LogP) is 4.43. The molecule has 0 N–H and O–H groups in total. The average molecular weight is 319 g/mol. The van der Waals surface area contributed by atoms with Gasteiger partial charge in [-0.1, -0.05) is 76.6 Å². The predicted molar refractivity (Wildman–Crippen MR) is 79.1 cm³/mol. The second kappa shape index (κ2) is 6.53. The van der Waals surface area contributed by atoms with E-state index in [1.54, 1.807) is 0 Å². The molecule has 0 aromatic heterocycles. The third kappa shape index (κ3) is 3.67. The first-order valence-electron chi connectivity index (χ1n) is 6.09. The molecule has 0 spiro atoms. The van der Waals surface area contributed by atoms with Crippen LogP contribution in [0.25, 0.3) is 0 Å². The highest BCUT2D eigenvalue weighted by Gasteiger charge is 2.24. The van der Waals surface area contributed by atoms with Gasteiger partial charge in [-0.25, -0.2) is 0 Å². The number of esters is 1. The van der Waals surface area contributed by atoms with Crippen LogP contribution in [0.1, 0.15) is 29.0 Å². The summed E-state index contributed by atoms with van der Waals surface area (Å²) in [4.78, 5) is 11.3. The van der Waals surface area contributed by atoms with E-state index in [1.165, 1.54) is 6.92 Å². The van der Waals surface area contributed by atoms with Gasteiger partial charge < -0.3 is 4.74 Å². The van der Waals surface area contributed by atoms with Crippen molar-refractivity contribution in [3.05, 3.63) is 71.8 Å². The summed E-state index contributed by atoms with van der Waals surface area (Å²) in [7, 11) is 0. The van der Waals surface area contributed by atoms with Gasteiger partial charge in [0, 0.05) is 6.92 Å². The van der Waals surface area contributed by atoms with Crippen molar-refractivity contribution in [3.8, 4) is 0 Å². The first-order chi connectivity index (χ1) is 9.18. The largest absolute Gasteiger partial charge is 0.456 e. The molecule has 0 saturated heterocycles. The van der Waals surface area contributed by atoms with E-state index < -0.39 is 0 Å². The molecular formula is C16H15BrO2. The zero-order chi connectivity index (χ0) is 13.7. The lowest BCUT2D eigenvalue weighted by Gasteiger charge is -2.23. The number of hydrogen-bond acceptors (Lipinski definition) is 2. The standard InChI is InChI=1S/C16H15BrO2/c1-12(18)19-16(14-10-6-3-7-11-14)15(17)13-8-4-2-5-9-13/h2-11,15-16H,1H3/t15-,16+/m0/s1. The van der Waals surface area contributed by atoms with Crippen molar-refractivity contribution in [2.24, 2.45) is 0 Å². The van der Waals surface area contributed by atoms with E-state index in [9.17, 15) is 4.79 Å². The second-order valence-corrected chi connectivity index (χ2v) is 5.24. The lowest BCUT2D eigenvalue weighted by Crippen LogP contribution is -2.13. The van der Waals surface area contributed by atoms with Crippen molar-refractivity contribution in [2.45, 2.75) is 17.9 Å². The monoisotopic (exact) mass is 318 g/mol. The zero-order valence-corrected chi connectivity index (χ0v) is 12.2. The maximum Gasteiger partial charge on any atom is 0.303 e. The molecule has 0 fully saturated rings. The van der Waals surface area contributed by atoms with Crippen LogP contribution in [0.5, 0.6) is 0 Å². The molecule has 0 heterocycles. The minimum atomic E-state index is -0.332. The van der Waals surface area contributed by atoms with Crippen LogP contribution in [0.4, 0.5) is 0 Å². The van der Waals surface area contributed by atoms with Crippen LogP contribution < -0.4 is 0 Å². The second-order valence-electron chi connectivity index (χ2n) is 4.25. The van der Waals surface area contributed by atoms with Crippen molar-refractivity contribution in [2.75, 3.05) is 0 Å². The molecule has 0 amide bonds. The van der Waals surface area contributed by atoms with Gasteiger partial charge in [0.25, 0.3) is 0 Å². The molecule has 19 heavy (non-hydrogen) atoms. The number of ether oxygens (including phenoxy) is 1. The summed E-state index contributed by atoms with van der Waals surface area (Å²) in [6, 6.07) is 19.7. The maximum atomic E-state index is 11.3. The van der Waals surface area contributed by atoms with Gasteiger partial charge in [-0.15, -0.1) is 0 Å². The van der Waals surface area contributed by atoms with E-state index in [0.29, 0.717) is 0 Å². The zero-order valence-electron chi connectivity index (χ0n) is 10.6. The van der Waals surface area contributed by atoms with E-state index in [-0.39, 0.29) is 16.9 Å². The molecule has 0 unspecified atom stereocenters. The Morgan fingerprint density at radius 3 is 1.89 bits per heavy atom. The molecule has 0 bridgehead atoms. The smallest absolute Gasteiger partial charge is 0.303 e. The van der Waals surface area contributed by atoms with Crippen LogP contribution in [0.15, 0.2) is 60.7 Å². The molecule has 3 heteroatoms. The summed E-state index contributed by atoms with van der Waals surface area (Å²) in [5.74, 6) is -0.283. The van der Waals surface area contributed by atoms with E-state index >= 15 is 0 Å². The van der Waals surface area contributed by atoms with Crippen molar-refractivity contribution < 1.29 is 9.53 Å². The van der Waals surface area contributed by atoms with E-state index in [2.05, 4.69) is 15.9 Å². The van der Waals surface area contributed by atoms with E-state index in [1.807, 2.05) is 60.7 Å². The topological polar surface area (TPSA) is 26.3 Å². The molecule has 2 nitrogen and oxygen atoms in total. The van der Waals surface area contributed by atoms with Crippen molar-refractivity contribution >= 4 is 21.9 Å². The lowest BCUT2D eigenvalue weighted by molar-refractivity contribution is -0.146. The number of alkyl halides is 1. The Morgan fingerprint density at radius 1 is 0.947 bits per heavy atom. The van der Waals surface area contributed by atoms with Gasteiger partial charge in [0.2, 0.25) is 0 Å². The minimum Gasteiger partial charge on any atom is -0.456 e. The van der Waals surface area contributed by atoms with Crippen molar-refractivity contribution in [1.82, 2.24) is 0 Å². The molecule has 0 aliphatic heterocycles. The van der Waals surface area contributed by atoms with Gasteiger partial charge >= 0.3 is 5.97 Å². The third-order valence-electron chi connectivity index (χ3n) is 2.80. The number of rotatable bonds is 4. The molecule has 0 radical (unpaired) electrons. The molecule has 2 aromatic rings. The van der Waals surface area contributed by atoms with E-state index in [0.717, 1.165) is 11.1 Å². The fourth-order valence-corrected chi connectivity index (χ4v) is 2.65. The number of hydrogen-bond donors (Lipinski definition) is 0. The highest BCUT2D eigenvalue weighted by atomic mass is 79.9. The Bertz CT molecular complexity index is 525. The van der Waals surface area contributed by atoms with Gasteiger partial charge in [-0.3, -0.25) is 4.79 Å². The maximum absolute atomic E-state index is 11.3. The van der Waals surface area contributed by atoms with Gasteiger partial charge in [0.05, 0.1) is 4.83 Å². The molecule has 2 rings (SSSR count). The summed E-state index contributed by atoms with van der Waals surface area (Å²) in [5, 5.41) is 0. The van der Waals surface area contributed by atoms with E-state index in [4.69, 9.17) is 4.74 Å². The Kier molecular flexibility index (Phi) is 4.74. The van der Waals surface area contributed by atoms with Crippen LogP contribution >= 0.6 is 15.9 Å². The highest BCUT2D eigenvalue weighted by molar-refractivity contribution is 9.09. The van der Waals surface area contributed by atoms with Gasteiger partial charge in [-0.05, 0) is 11.1 Å². The Balaban J connectivity index is 2.30. The number of halogens is 1. The molecule has 0 aliphatic carbocycles. The molecule has 98 valence electrons. The van der Waals surface area contributed by atoms with Crippen LogP contribution in [0, 0.1) is 0 Å². The Morgan fingerprint density at radius 2 is 1.42 bits per heavy atom. The summed E-state index contributed by atoms with van der Waals surface area (Å²) in [6.45, 7) is 1.43. The number of carbonyl (C=O) groups excluding carboxylic acids is 1. The minimum absolute atomic E-state index is 0.0694. The van der Waals surface area contributed by atoms with Crippen LogP contribution in [-0.4, -0.2) is 5.97 Å². The average Bonchev–Trinajstić information content (AvgIpc) is 2.46. The fourth-order valence-electron chi connectivity index (χ4n) is 1.93. The summed E-state index contributed by atoms with van der Waals surface area (Å²) >= 11 is 3.64.